The van der Waals surface area contributed by atoms with Crippen molar-refractivity contribution in [2.75, 3.05) is 0 Å². The summed E-state index contributed by atoms with van der Waals surface area (Å²) in [4.78, 5) is 11.1. The predicted octanol–water partition coefficient (Wildman–Crippen LogP) is 5.24. The fourth-order valence-electron chi connectivity index (χ4n) is 3.40. The molecule has 0 fully saturated rings. The average molecular weight is 302 g/mol. The van der Waals surface area contributed by atoms with Crippen molar-refractivity contribution in [2.24, 2.45) is 5.92 Å². The molecular formula is C22H22O. The monoisotopic (exact) mass is 302 g/mol. The van der Waals surface area contributed by atoms with E-state index >= 15 is 0 Å². The van der Waals surface area contributed by atoms with E-state index in [2.05, 4.69) is 67.6 Å². The molecule has 0 heterocycles. The van der Waals surface area contributed by atoms with Crippen LogP contribution in [-0.4, -0.2) is 6.29 Å². The first-order chi connectivity index (χ1) is 11.3. The third-order valence-electron chi connectivity index (χ3n) is 4.68. The molecule has 3 rings (SSSR count). The molecule has 1 unspecified atom stereocenters. The van der Waals surface area contributed by atoms with E-state index in [1.165, 1.54) is 27.8 Å². The van der Waals surface area contributed by atoms with Crippen molar-refractivity contribution in [2.45, 2.75) is 26.2 Å². The maximum Gasteiger partial charge on any atom is 0.143 e. The van der Waals surface area contributed by atoms with Gasteiger partial charge in [-0.25, -0.2) is 0 Å². The van der Waals surface area contributed by atoms with Crippen LogP contribution in [0.3, 0.4) is 0 Å². The molecule has 116 valence electrons. The van der Waals surface area contributed by atoms with Crippen LogP contribution in [0.1, 0.15) is 35.1 Å². The Balaban J connectivity index is 1.79. The Morgan fingerprint density at radius 2 is 1.87 bits per heavy atom. The highest BCUT2D eigenvalue weighted by Crippen LogP contribution is 2.37. The molecule has 0 saturated carbocycles. The van der Waals surface area contributed by atoms with Crippen molar-refractivity contribution in [3.63, 3.8) is 0 Å². The lowest BCUT2D eigenvalue weighted by Crippen LogP contribution is -2.13. The third-order valence-corrected chi connectivity index (χ3v) is 4.68. The Bertz CT molecular complexity index is 752. The summed E-state index contributed by atoms with van der Waals surface area (Å²) >= 11 is 0. The molecule has 0 aliphatic heterocycles. The second kappa shape index (κ2) is 7.23. The molecule has 1 heteroatoms. The van der Waals surface area contributed by atoms with E-state index in [1.807, 2.05) is 0 Å². The van der Waals surface area contributed by atoms with Crippen molar-refractivity contribution in [1.82, 2.24) is 0 Å². The topological polar surface area (TPSA) is 17.1 Å². The first-order valence-electron chi connectivity index (χ1n) is 8.25. The van der Waals surface area contributed by atoms with Crippen LogP contribution in [0.2, 0.25) is 0 Å². The van der Waals surface area contributed by atoms with Gasteiger partial charge in [-0.15, -0.1) is 0 Å². The van der Waals surface area contributed by atoms with Crippen LogP contribution in [0.25, 0.3) is 11.6 Å². The van der Waals surface area contributed by atoms with E-state index < -0.39 is 0 Å². The van der Waals surface area contributed by atoms with E-state index in [0.29, 0.717) is 5.92 Å². The van der Waals surface area contributed by atoms with Crippen LogP contribution in [0.5, 0.6) is 0 Å². The quantitative estimate of drug-likeness (QED) is 0.557. The molecule has 2 aromatic carbocycles. The summed E-state index contributed by atoms with van der Waals surface area (Å²) in [5, 5.41) is 0. The van der Waals surface area contributed by atoms with Gasteiger partial charge in [-0.05, 0) is 66.0 Å². The lowest BCUT2D eigenvalue weighted by Gasteiger charge is -2.27. The molecule has 0 aromatic heterocycles. The van der Waals surface area contributed by atoms with Crippen molar-refractivity contribution >= 4 is 17.9 Å². The fraction of sp³-hybridized carbons (Fsp3) is 0.227. The number of aldehydes is 1. The third kappa shape index (κ3) is 3.50. The first-order valence-corrected chi connectivity index (χ1v) is 8.25. The number of carbonyl (C=O) groups excluding carboxylic acids is 1. The Labute approximate surface area is 138 Å². The SMILES string of the molecule is Cc1ccccc1/C=C/CC1CCc2ccccc2/C1=C/C=O. The van der Waals surface area contributed by atoms with Gasteiger partial charge in [0.15, 0.2) is 0 Å². The van der Waals surface area contributed by atoms with Gasteiger partial charge in [0.25, 0.3) is 0 Å². The van der Waals surface area contributed by atoms with Crippen LogP contribution in [0.15, 0.2) is 60.7 Å². The molecule has 0 saturated heterocycles. The van der Waals surface area contributed by atoms with E-state index in [9.17, 15) is 4.79 Å². The van der Waals surface area contributed by atoms with Gasteiger partial charge in [-0.2, -0.15) is 0 Å². The van der Waals surface area contributed by atoms with Gasteiger partial charge in [-0.3, -0.25) is 4.79 Å². The zero-order valence-electron chi connectivity index (χ0n) is 13.5. The maximum atomic E-state index is 11.1. The normalized spacial score (nSPS) is 19.0. The van der Waals surface area contributed by atoms with Gasteiger partial charge in [0.05, 0.1) is 0 Å². The van der Waals surface area contributed by atoms with Crippen LogP contribution >= 0.6 is 0 Å². The zero-order valence-corrected chi connectivity index (χ0v) is 13.5. The minimum Gasteiger partial charge on any atom is -0.299 e. The minimum atomic E-state index is 0.426. The number of carbonyl (C=O) groups is 1. The molecule has 1 aliphatic rings. The highest BCUT2D eigenvalue weighted by molar-refractivity contribution is 5.84. The van der Waals surface area contributed by atoms with Crippen LogP contribution in [0, 0.1) is 12.8 Å². The second-order valence-electron chi connectivity index (χ2n) is 6.15. The number of rotatable bonds is 4. The van der Waals surface area contributed by atoms with Crippen molar-refractivity contribution < 1.29 is 4.79 Å². The summed E-state index contributed by atoms with van der Waals surface area (Å²) < 4.78 is 0. The van der Waals surface area contributed by atoms with E-state index in [1.54, 1.807) is 6.08 Å². The average Bonchev–Trinajstić information content (AvgIpc) is 2.58. The van der Waals surface area contributed by atoms with Crippen molar-refractivity contribution in [1.29, 1.82) is 0 Å². The van der Waals surface area contributed by atoms with Gasteiger partial charge in [0, 0.05) is 0 Å². The van der Waals surface area contributed by atoms with Crippen LogP contribution in [0.4, 0.5) is 0 Å². The highest BCUT2D eigenvalue weighted by atomic mass is 16.1. The summed E-state index contributed by atoms with van der Waals surface area (Å²) in [6.45, 7) is 2.13. The molecule has 1 atom stereocenters. The number of allylic oxidation sites excluding steroid dienone is 3. The number of hydrogen-bond acceptors (Lipinski definition) is 1. The first kappa shape index (κ1) is 15.5. The molecule has 0 amide bonds. The summed E-state index contributed by atoms with van der Waals surface area (Å²) in [6.07, 6.45) is 10.3. The second-order valence-corrected chi connectivity index (χ2v) is 6.15. The summed E-state index contributed by atoms with van der Waals surface area (Å²) in [7, 11) is 0. The minimum absolute atomic E-state index is 0.426. The predicted molar refractivity (Wildman–Crippen MR) is 97.1 cm³/mol. The van der Waals surface area contributed by atoms with Gasteiger partial charge >= 0.3 is 0 Å². The Hall–Kier alpha value is -2.41. The van der Waals surface area contributed by atoms with Gasteiger partial charge in [0.1, 0.15) is 6.29 Å². The molecule has 0 N–H and O–H groups in total. The van der Waals surface area contributed by atoms with Crippen LogP contribution in [-0.2, 0) is 11.2 Å². The molecule has 0 bridgehead atoms. The van der Waals surface area contributed by atoms with E-state index in [-0.39, 0.29) is 0 Å². The van der Waals surface area contributed by atoms with Crippen molar-refractivity contribution in [3.05, 3.63) is 82.9 Å². The molecule has 0 radical (unpaired) electrons. The Morgan fingerprint density at radius 3 is 2.70 bits per heavy atom. The summed E-state index contributed by atoms with van der Waals surface area (Å²) in [5.41, 5.74) is 6.36. The standard InChI is InChI=1S/C22H22O/c1-17-7-2-3-8-18(17)10-6-11-20-14-13-19-9-4-5-12-21(19)22(20)15-16-23/h2-10,12,15-16,20H,11,13-14H2,1H3/b10-6+,22-15+. The van der Waals surface area contributed by atoms with Gasteiger partial charge in [-0.1, -0.05) is 60.7 Å². The molecule has 1 aliphatic carbocycles. The smallest absolute Gasteiger partial charge is 0.143 e. The highest BCUT2D eigenvalue weighted by Gasteiger charge is 2.22. The van der Waals surface area contributed by atoms with E-state index in [0.717, 1.165) is 25.5 Å². The Kier molecular flexibility index (Phi) is 4.87. The van der Waals surface area contributed by atoms with E-state index in [4.69, 9.17) is 0 Å². The summed E-state index contributed by atoms with van der Waals surface area (Å²) in [5.74, 6) is 0.426. The molecule has 2 aromatic rings. The number of aryl methyl sites for hydroxylation is 2. The lowest BCUT2D eigenvalue weighted by molar-refractivity contribution is -0.104. The Morgan fingerprint density at radius 1 is 1.09 bits per heavy atom. The molecule has 23 heavy (non-hydrogen) atoms. The molecular weight excluding hydrogens is 280 g/mol. The van der Waals surface area contributed by atoms with Gasteiger partial charge in [0.2, 0.25) is 0 Å². The lowest BCUT2D eigenvalue weighted by atomic mass is 9.78. The van der Waals surface area contributed by atoms with Gasteiger partial charge < -0.3 is 0 Å². The van der Waals surface area contributed by atoms with Crippen LogP contribution < -0.4 is 0 Å². The summed E-state index contributed by atoms with van der Waals surface area (Å²) in [6, 6.07) is 16.9. The number of benzene rings is 2. The number of hydrogen-bond donors (Lipinski definition) is 0. The maximum absolute atomic E-state index is 11.1. The molecule has 0 spiro atoms. The zero-order chi connectivity index (χ0) is 16.1. The fourth-order valence-corrected chi connectivity index (χ4v) is 3.40. The number of fused-ring (bicyclic) bond motifs is 1. The largest absolute Gasteiger partial charge is 0.299 e. The van der Waals surface area contributed by atoms with Crippen molar-refractivity contribution in [3.8, 4) is 0 Å². The molecule has 1 nitrogen and oxygen atoms in total.